The minimum atomic E-state index is -4.00. The summed E-state index contributed by atoms with van der Waals surface area (Å²) in [6.07, 6.45) is 1.44. The summed E-state index contributed by atoms with van der Waals surface area (Å²) in [6, 6.07) is 2.51. The molecule has 1 saturated heterocycles. The molecule has 154 valence electrons. The summed E-state index contributed by atoms with van der Waals surface area (Å²) >= 11 is 0. The number of imide groups is 1. The van der Waals surface area contributed by atoms with Gasteiger partial charge >= 0.3 is 6.03 Å². The van der Waals surface area contributed by atoms with Crippen molar-refractivity contribution in [1.82, 2.24) is 9.62 Å². The summed E-state index contributed by atoms with van der Waals surface area (Å²) in [4.78, 5) is 24.5. The van der Waals surface area contributed by atoms with Crippen LogP contribution >= 0.6 is 0 Å². The van der Waals surface area contributed by atoms with Crippen LogP contribution in [0.4, 0.5) is 4.79 Å². The largest absolute Gasteiger partial charge is 0.507 e. The Hall–Kier alpha value is -2.35. The Balaban J connectivity index is 2.64. The van der Waals surface area contributed by atoms with Gasteiger partial charge in [0.25, 0.3) is 5.91 Å². The molecule has 1 aromatic rings. The lowest BCUT2D eigenvalue weighted by Gasteiger charge is -2.28. The molecule has 7 nitrogen and oxygen atoms in total. The SMILES string of the molecule is CCS(=O)(=O)N1C(=O)N/C(=C\c2cc(C(C)(C)C)c(O)c(C(C)(C)C)c2)C1=O. The van der Waals surface area contributed by atoms with Crippen LogP contribution in [0.2, 0.25) is 0 Å². The van der Waals surface area contributed by atoms with Gasteiger partial charge in [-0.05, 0) is 41.5 Å². The van der Waals surface area contributed by atoms with Crippen molar-refractivity contribution in [2.24, 2.45) is 0 Å². The molecule has 2 rings (SSSR count). The van der Waals surface area contributed by atoms with E-state index in [1.807, 2.05) is 41.5 Å². The average molecular weight is 409 g/mol. The highest BCUT2D eigenvalue weighted by atomic mass is 32.2. The first kappa shape index (κ1) is 21.9. The van der Waals surface area contributed by atoms with Crippen molar-refractivity contribution in [3.63, 3.8) is 0 Å². The van der Waals surface area contributed by atoms with E-state index >= 15 is 0 Å². The Morgan fingerprint density at radius 3 is 1.89 bits per heavy atom. The van der Waals surface area contributed by atoms with Crippen LogP contribution in [-0.4, -0.2) is 35.5 Å². The fourth-order valence-corrected chi connectivity index (χ4v) is 3.86. The average Bonchev–Trinajstić information content (AvgIpc) is 2.81. The van der Waals surface area contributed by atoms with Crippen molar-refractivity contribution in [2.75, 3.05) is 5.75 Å². The summed E-state index contributed by atoms with van der Waals surface area (Å²) < 4.78 is 24.3. The molecule has 0 saturated carbocycles. The molecular weight excluding hydrogens is 380 g/mol. The van der Waals surface area contributed by atoms with Gasteiger partial charge in [-0.1, -0.05) is 41.5 Å². The topological polar surface area (TPSA) is 104 Å². The van der Waals surface area contributed by atoms with Crippen molar-refractivity contribution >= 4 is 28.0 Å². The standard InChI is InChI=1S/C20H28N2O5S/c1-8-28(26,27)22-17(24)15(21-18(22)25)11-12-9-13(19(2,3)4)16(23)14(10-12)20(5,6)7/h9-11,23H,8H2,1-7H3,(H,21,25)/b15-11-. The Bertz CT molecular complexity index is 928. The number of nitrogens with zero attached hydrogens (tertiary/aromatic N) is 1. The lowest BCUT2D eigenvalue weighted by molar-refractivity contribution is -0.119. The Morgan fingerprint density at radius 1 is 1.04 bits per heavy atom. The zero-order valence-electron chi connectivity index (χ0n) is 17.4. The van der Waals surface area contributed by atoms with Crippen molar-refractivity contribution in [1.29, 1.82) is 0 Å². The normalized spacial score (nSPS) is 17.4. The van der Waals surface area contributed by atoms with E-state index in [9.17, 15) is 23.1 Å². The number of carbonyl (C=O) groups is 2. The third-order valence-corrected chi connectivity index (χ3v) is 6.16. The van der Waals surface area contributed by atoms with Gasteiger partial charge in [0.15, 0.2) is 0 Å². The number of hydrogen-bond acceptors (Lipinski definition) is 5. The Kier molecular flexibility index (Phi) is 5.42. The van der Waals surface area contributed by atoms with E-state index in [1.165, 1.54) is 13.0 Å². The van der Waals surface area contributed by atoms with Gasteiger partial charge in [-0.3, -0.25) is 4.79 Å². The lowest BCUT2D eigenvalue weighted by Crippen LogP contribution is -2.37. The third kappa shape index (κ3) is 4.06. The number of carbonyl (C=O) groups excluding carboxylic acids is 2. The van der Waals surface area contributed by atoms with Gasteiger partial charge < -0.3 is 10.4 Å². The minimum absolute atomic E-state index is 0.118. The van der Waals surface area contributed by atoms with E-state index in [0.29, 0.717) is 16.7 Å². The first-order valence-corrected chi connectivity index (χ1v) is 10.7. The van der Waals surface area contributed by atoms with E-state index in [0.717, 1.165) is 0 Å². The fraction of sp³-hybridized carbons (Fsp3) is 0.500. The molecule has 1 fully saturated rings. The van der Waals surface area contributed by atoms with Gasteiger partial charge in [-0.2, -0.15) is 0 Å². The van der Waals surface area contributed by atoms with Crippen LogP contribution < -0.4 is 5.32 Å². The van der Waals surface area contributed by atoms with Crippen LogP contribution in [0.25, 0.3) is 6.08 Å². The molecule has 1 aromatic carbocycles. The molecule has 0 unspecified atom stereocenters. The molecule has 1 aliphatic rings. The summed E-state index contributed by atoms with van der Waals surface area (Å²) in [5, 5.41) is 13.1. The molecule has 0 aliphatic carbocycles. The number of aromatic hydroxyl groups is 1. The molecular formula is C20H28N2O5S. The number of urea groups is 1. The Labute approximate surface area is 166 Å². The first-order valence-electron chi connectivity index (χ1n) is 9.07. The van der Waals surface area contributed by atoms with Crippen LogP contribution in [0.5, 0.6) is 5.75 Å². The molecule has 0 radical (unpaired) electrons. The number of hydrogen-bond donors (Lipinski definition) is 2. The summed E-state index contributed by atoms with van der Waals surface area (Å²) in [6.45, 7) is 13.1. The van der Waals surface area contributed by atoms with Crippen LogP contribution in [-0.2, 0) is 25.6 Å². The molecule has 1 heterocycles. The number of nitrogens with one attached hydrogen (secondary N) is 1. The Morgan fingerprint density at radius 2 is 1.50 bits per heavy atom. The second-order valence-corrected chi connectivity index (χ2v) is 11.0. The van der Waals surface area contributed by atoms with Gasteiger partial charge in [0, 0.05) is 11.1 Å². The monoisotopic (exact) mass is 408 g/mol. The molecule has 28 heavy (non-hydrogen) atoms. The highest BCUT2D eigenvalue weighted by molar-refractivity contribution is 7.90. The lowest BCUT2D eigenvalue weighted by atomic mass is 9.78. The fourth-order valence-electron chi connectivity index (χ4n) is 2.95. The number of sulfonamides is 1. The molecule has 1 aliphatic heterocycles. The van der Waals surface area contributed by atoms with E-state index in [1.54, 1.807) is 12.1 Å². The molecule has 0 aromatic heterocycles. The maximum absolute atomic E-state index is 12.5. The van der Waals surface area contributed by atoms with E-state index in [4.69, 9.17) is 0 Å². The molecule has 0 atom stereocenters. The van der Waals surface area contributed by atoms with Crippen LogP contribution in [0.3, 0.4) is 0 Å². The van der Waals surface area contributed by atoms with E-state index in [2.05, 4.69) is 5.32 Å². The summed E-state index contributed by atoms with van der Waals surface area (Å²) in [7, 11) is -4.00. The van der Waals surface area contributed by atoms with Crippen molar-refractivity contribution in [3.05, 3.63) is 34.5 Å². The third-order valence-electron chi connectivity index (χ3n) is 4.54. The minimum Gasteiger partial charge on any atom is -0.507 e. The number of phenols is 1. The van der Waals surface area contributed by atoms with Crippen LogP contribution in [0.1, 0.15) is 65.2 Å². The zero-order valence-corrected chi connectivity index (χ0v) is 18.2. The second-order valence-electron chi connectivity index (χ2n) is 8.92. The predicted octanol–water partition coefficient (Wildman–Crippen LogP) is 3.23. The smallest absolute Gasteiger partial charge is 0.343 e. The summed E-state index contributed by atoms with van der Waals surface area (Å²) in [5.74, 6) is -1.07. The van der Waals surface area contributed by atoms with Crippen LogP contribution in [0.15, 0.2) is 17.8 Å². The van der Waals surface area contributed by atoms with Gasteiger partial charge in [0.1, 0.15) is 11.4 Å². The van der Waals surface area contributed by atoms with Crippen LogP contribution in [0, 0.1) is 0 Å². The zero-order chi connectivity index (χ0) is 21.7. The molecule has 8 heteroatoms. The van der Waals surface area contributed by atoms with Crippen molar-refractivity contribution in [3.8, 4) is 5.75 Å². The highest BCUT2D eigenvalue weighted by Gasteiger charge is 2.41. The van der Waals surface area contributed by atoms with Gasteiger partial charge in [-0.25, -0.2) is 13.2 Å². The van der Waals surface area contributed by atoms with Gasteiger partial charge in [0.2, 0.25) is 10.0 Å². The maximum atomic E-state index is 12.5. The maximum Gasteiger partial charge on any atom is 0.343 e. The van der Waals surface area contributed by atoms with E-state index in [-0.39, 0.29) is 32.3 Å². The number of phenolic OH excluding ortho intramolecular Hbond substituents is 1. The predicted molar refractivity (Wildman–Crippen MR) is 108 cm³/mol. The first-order chi connectivity index (χ1) is 12.6. The summed E-state index contributed by atoms with van der Waals surface area (Å²) in [5.41, 5.74) is 1.14. The molecule has 0 spiro atoms. The van der Waals surface area contributed by atoms with E-state index < -0.39 is 22.0 Å². The number of rotatable bonds is 3. The van der Waals surface area contributed by atoms with Gasteiger partial charge in [0.05, 0.1) is 5.75 Å². The second kappa shape index (κ2) is 6.92. The van der Waals surface area contributed by atoms with Crippen molar-refractivity contribution in [2.45, 2.75) is 59.3 Å². The number of benzene rings is 1. The molecule has 2 N–H and O–H groups in total. The molecule has 3 amide bonds. The molecule has 0 bridgehead atoms. The van der Waals surface area contributed by atoms with Gasteiger partial charge in [-0.15, -0.1) is 4.31 Å². The quantitative estimate of drug-likeness (QED) is 0.590. The number of amides is 3. The van der Waals surface area contributed by atoms with Crippen molar-refractivity contribution < 1.29 is 23.1 Å². The highest BCUT2D eigenvalue weighted by Crippen LogP contribution is 2.40.